The number of rotatable bonds is 2. The number of hydrogen-bond acceptors (Lipinski definition) is 2. The van der Waals surface area contributed by atoms with Gasteiger partial charge in [-0.15, -0.1) is 0 Å². The van der Waals surface area contributed by atoms with Crippen LogP contribution in [-0.4, -0.2) is 24.5 Å². The van der Waals surface area contributed by atoms with Crippen LogP contribution in [0.15, 0.2) is 0 Å². The average Bonchev–Trinajstić information content (AvgIpc) is 2.60. The highest BCUT2D eigenvalue weighted by molar-refractivity contribution is 5.83. The topological polar surface area (TPSA) is 41.1 Å². The number of amides is 1. The molecule has 3 nitrogen and oxygen atoms in total. The minimum Gasteiger partial charge on any atom is -0.349 e. The van der Waals surface area contributed by atoms with E-state index in [1.54, 1.807) is 0 Å². The number of carbonyl (C=O) groups is 1. The van der Waals surface area contributed by atoms with Gasteiger partial charge in [0.25, 0.3) is 0 Å². The first-order valence-electron chi connectivity index (χ1n) is 6.22. The Hall–Kier alpha value is -0.570. The van der Waals surface area contributed by atoms with Crippen LogP contribution in [0.4, 0.5) is 0 Å². The van der Waals surface area contributed by atoms with E-state index in [1.165, 1.54) is 19.3 Å². The molecule has 3 rings (SSSR count). The molecule has 84 valence electrons. The molecule has 0 spiro atoms. The second kappa shape index (κ2) is 3.21. The molecule has 2 saturated carbocycles. The molecule has 2 N–H and O–H groups in total. The third kappa shape index (κ3) is 1.57. The molecule has 0 radical (unpaired) electrons. The van der Waals surface area contributed by atoms with Gasteiger partial charge in [0.1, 0.15) is 0 Å². The second-order valence-electron chi connectivity index (χ2n) is 5.76. The van der Waals surface area contributed by atoms with Gasteiger partial charge in [0.2, 0.25) is 5.91 Å². The smallest absolute Gasteiger partial charge is 0.224 e. The Labute approximate surface area is 91.0 Å². The zero-order valence-electron chi connectivity index (χ0n) is 9.38. The van der Waals surface area contributed by atoms with Crippen LogP contribution in [-0.2, 0) is 4.79 Å². The van der Waals surface area contributed by atoms with Crippen LogP contribution < -0.4 is 10.6 Å². The van der Waals surface area contributed by atoms with Gasteiger partial charge in [0.05, 0.1) is 5.54 Å². The molecule has 1 aliphatic heterocycles. The lowest BCUT2D eigenvalue weighted by atomic mass is 10.0. The van der Waals surface area contributed by atoms with Crippen molar-refractivity contribution in [1.29, 1.82) is 0 Å². The van der Waals surface area contributed by atoms with Crippen molar-refractivity contribution in [2.75, 3.05) is 13.1 Å². The fourth-order valence-electron chi connectivity index (χ4n) is 3.51. The minimum absolute atomic E-state index is 0.0218. The van der Waals surface area contributed by atoms with E-state index in [2.05, 4.69) is 17.6 Å². The SMILES string of the molecule is CC1(NC(=O)C2C3CCCC32)CCNC1. The lowest BCUT2D eigenvalue weighted by molar-refractivity contribution is -0.124. The molecule has 1 saturated heterocycles. The highest BCUT2D eigenvalue weighted by atomic mass is 16.2. The first-order chi connectivity index (χ1) is 7.20. The summed E-state index contributed by atoms with van der Waals surface area (Å²) in [6, 6.07) is 0. The zero-order chi connectivity index (χ0) is 10.5. The summed E-state index contributed by atoms with van der Waals surface area (Å²) >= 11 is 0. The van der Waals surface area contributed by atoms with Gasteiger partial charge in [0, 0.05) is 12.5 Å². The maximum absolute atomic E-state index is 12.0. The highest BCUT2D eigenvalue weighted by Gasteiger charge is 2.57. The molecule has 0 aromatic carbocycles. The highest BCUT2D eigenvalue weighted by Crippen LogP contribution is 2.57. The van der Waals surface area contributed by atoms with Gasteiger partial charge < -0.3 is 10.6 Å². The van der Waals surface area contributed by atoms with E-state index in [-0.39, 0.29) is 5.54 Å². The van der Waals surface area contributed by atoms with E-state index >= 15 is 0 Å². The Morgan fingerprint density at radius 2 is 2.13 bits per heavy atom. The third-order valence-corrected chi connectivity index (χ3v) is 4.50. The predicted molar refractivity (Wildman–Crippen MR) is 58.4 cm³/mol. The molecule has 1 amide bonds. The Kier molecular flexibility index (Phi) is 2.06. The van der Waals surface area contributed by atoms with E-state index in [9.17, 15) is 4.79 Å². The second-order valence-corrected chi connectivity index (χ2v) is 5.76. The van der Waals surface area contributed by atoms with Gasteiger partial charge >= 0.3 is 0 Å². The predicted octanol–water partition coefficient (Wildman–Crippen LogP) is 0.901. The molecule has 0 aromatic heterocycles. The fourth-order valence-corrected chi connectivity index (χ4v) is 3.51. The van der Waals surface area contributed by atoms with Crippen molar-refractivity contribution in [2.45, 2.75) is 38.1 Å². The minimum atomic E-state index is 0.0218. The van der Waals surface area contributed by atoms with E-state index < -0.39 is 0 Å². The first kappa shape index (κ1) is 9.64. The third-order valence-electron chi connectivity index (χ3n) is 4.50. The first-order valence-corrected chi connectivity index (χ1v) is 6.22. The lowest BCUT2D eigenvalue weighted by Gasteiger charge is -2.24. The number of hydrogen-bond donors (Lipinski definition) is 2. The van der Waals surface area contributed by atoms with Crippen molar-refractivity contribution in [3.05, 3.63) is 0 Å². The van der Waals surface area contributed by atoms with Gasteiger partial charge in [-0.05, 0) is 44.6 Å². The number of nitrogens with one attached hydrogen (secondary N) is 2. The number of carbonyl (C=O) groups excluding carboxylic acids is 1. The molecule has 0 aromatic rings. The van der Waals surface area contributed by atoms with Gasteiger partial charge in [0.15, 0.2) is 0 Å². The lowest BCUT2D eigenvalue weighted by Crippen LogP contribution is -2.48. The molecular formula is C12H20N2O. The van der Waals surface area contributed by atoms with Crippen LogP contribution in [0.25, 0.3) is 0 Å². The Morgan fingerprint density at radius 3 is 2.73 bits per heavy atom. The van der Waals surface area contributed by atoms with Crippen molar-refractivity contribution < 1.29 is 4.79 Å². The fraction of sp³-hybridized carbons (Fsp3) is 0.917. The van der Waals surface area contributed by atoms with Gasteiger partial charge in [-0.3, -0.25) is 4.79 Å². The summed E-state index contributed by atoms with van der Waals surface area (Å²) in [4.78, 5) is 12.0. The summed E-state index contributed by atoms with van der Waals surface area (Å²) in [5.41, 5.74) is 0.0218. The van der Waals surface area contributed by atoms with Crippen molar-refractivity contribution in [3.8, 4) is 0 Å². The van der Waals surface area contributed by atoms with Crippen molar-refractivity contribution in [1.82, 2.24) is 10.6 Å². The van der Waals surface area contributed by atoms with Gasteiger partial charge in [-0.2, -0.15) is 0 Å². The molecule has 3 unspecified atom stereocenters. The van der Waals surface area contributed by atoms with Crippen LogP contribution in [0.1, 0.15) is 32.6 Å². The summed E-state index contributed by atoms with van der Waals surface area (Å²) in [7, 11) is 0. The van der Waals surface area contributed by atoms with Crippen molar-refractivity contribution >= 4 is 5.91 Å². The summed E-state index contributed by atoms with van der Waals surface area (Å²) in [5.74, 6) is 2.18. The van der Waals surface area contributed by atoms with Crippen LogP contribution in [0, 0.1) is 17.8 Å². The molecule has 3 heteroatoms. The van der Waals surface area contributed by atoms with Crippen LogP contribution in [0.2, 0.25) is 0 Å². The maximum Gasteiger partial charge on any atom is 0.224 e. The van der Waals surface area contributed by atoms with Crippen LogP contribution in [0.3, 0.4) is 0 Å². The summed E-state index contributed by atoms with van der Waals surface area (Å²) in [5, 5.41) is 6.56. The van der Waals surface area contributed by atoms with Crippen molar-refractivity contribution in [3.63, 3.8) is 0 Å². The summed E-state index contributed by atoms with van der Waals surface area (Å²) in [6.45, 7) is 4.12. The molecule has 2 aliphatic carbocycles. The van der Waals surface area contributed by atoms with E-state index in [0.29, 0.717) is 11.8 Å². The quantitative estimate of drug-likeness (QED) is 0.708. The Morgan fingerprint density at radius 1 is 1.40 bits per heavy atom. The van der Waals surface area contributed by atoms with Gasteiger partial charge in [-0.1, -0.05) is 6.42 Å². The molecule has 3 fully saturated rings. The van der Waals surface area contributed by atoms with Gasteiger partial charge in [-0.25, -0.2) is 0 Å². The monoisotopic (exact) mass is 208 g/mol. The van der Waals surface area contributed by atoms with Crippen LogP contribution >= 0.6 is 0 Å². The number of fused-ring (bicyclic) bond motifs is 1. The van der Waals surface area contributed by atoms with E-state index in [4.69, 9.17) is 0 Å². The molecule has 3 aliphatic rings. The summed E-state index contributed by atoms with van der Waals surface area (Å²) in [6.07, 6.45) is 4.99. The van der Waals surface area contributed by atoms with E-state index in [1.807, 2.05) is 0 Å². The Bertz CT molecular complexity index is 273. The molecule has 0 bridgehead atoms. The molecule has 3 atom stereocenters. The molecular weight excluding hydrogens is 188 g/mol. The standard InChI is InChI=1S/C12H20N2O/c1-12(5-6-13-7-12)14-11(15)10-8-3-2-4-9(8)10/h8-10,13H,2-7H2,1H3,(H,14,15). The summed E-state index contributed by atoms with van der Waals surface area (Å²) < 4.78 is 0. The zero-order valence-corrected chi connectivity index (χ0v) is 9.38. The molecule has 15 heavy (non-hydrogen) atoms. The van der Waals surface area contributed by atoms with Crippen molar-refractivity contribution in [2.24, 2.45) is 17.8 Å². The largest absolute Gasteiger partial charge is 0.349 e. The molecule has 1 heterocycles. The normalized spacial score (nSPS) is 47.7. The Balaban J connectivity index is 1.58. The van der Waals surface area contributed by atoms with E-state index in [0.717, 1.165) is 31.3 Å². The maximum atomic E-state index is 12.0. The van der Waals surface area contributed by atoms with Crippen LogP contribution in [0.5, 0.6) is 0 Å². The average molecular weight is 208 g/mol.